The number of benzene rings is 2. The molecule has 1 aliphatic carbocycles. The zero-order valence-corrected chi connectivity index (χ0v) is 22.1. The van der Waals surface area contributed by atoms with Crippen molar-refractivity contribution in [3.05, 3.63) is 65.9 Å². The minimum absolute atomic E-state index is 0.0124. The molecule has 202 valence electrons. The molecule has 0 atom stereocenters. The van der Waals surface area contributed by atoms with Gasteiger partial charge in [0.15, 0.2) is 17.4 Å². The molecular formula is C29H32FN7O2. The number of anilines is 3. The Labute approximate surface area is 226 Å². The second kappa shape index (κ2) is 10.5. The molecule has 0 bridgehead atoms. The van der Waals surface area contributed by atoms with Gasteiger partial charge in [0.25, 0.3) is 5.91 Å². The molecule has 6 rings (SSSR count). The first-order valence-electron chi connectivity index (χ1n) is 13.4. The van der Waals surface area contributed by atoms with E-state index in [1.54, 1.807) is 12.1 Å². The summed E-state index contributed by atoms with van der Waals surface area (Å²) < 4.78 is 21.2. The number of hydrogen-bond acceptors (Lipinski definition) is 7. The molecule has 3 N–H and O–H groups in total. The van der Waals surface area contributed by atoms with Crippen LogP contribution in [0, 0.1) is 12.7 Å². The lowest BCUT2D eigenvalue weighted by Gasteiger charge is -2.35. The molecule has 9 nitrogen and oxygen atoms in total. The molecule has 0 spiro atoms. The number of likely N-dealkylation sites (N-methyl/N-ethyl adjacent to an activating group) is 1. The summed E-state index contributed by atoms with van der Waals surface area (Å²) in [6.45, 7) is 9.21. The van der Waals surface area contributed by atoms with E-state index in [9.17, 15) is 4.79 Å². The maximum Gasteiger partial charge on any atom is 0.260 e. The quantitative estimate of drug-likeness (QED) is 0.296. The SMILES string of the molecule is CCN1CCN(c2ccc(Nc3ncnc(Oc4ccc5[nH]c(C)cc5c4F)c3C(=O)NC3CC3)cc2)CC1. The summed E-state index contributed by atoms with van der Waals surface area (Å²) >= 11 is 0. The molecular weight excluding hydrogens is 497 g/mol. The van der Waals surface area contributed by atoms with Crippen LogP contribution in [0.3, 0.4) is 0 Å². The molecule has 2 fully saturated rings. The number of H-pyrrole nitrogens is 1. The number of nitrogens with one attached hydrogen (secondary N) is 3. The van der Waals surface area contributed by atoms with Gasteiger partial charge >= 0.3 is 0 Å². The van der Waals surface area contributed by atoms with Crippen molar-refractivity contribution in [1.29, 1.82) is 0 Å². The van der Waals surface area contributed by atoms with Crippen molar-refractivity contribution in [2.45, 2.75) is 32.7 Å². The van der Waals surface area contributed by atoms with E-state index in [4.69, 9.17) is 4.74 Å². The van der Waals surface area contributed by atoms with Crippen LogP contribution in [0.4, 0.5) is 21.6 Å². The molecule has 1 saturated carbocycles. The average molecular weight is 530 g/mol. The fourth-order valence-electron chi connectivity index (χ4n) is 4.92. The van der Waals surface area contributed by atoms with Crippen molar-refractivity contribution >= 4 is 34.0 Å². The van der Waals surface area contributed by atoms with Crippen molar-refractivity contribution < 1.29 is 13.9 Å². The number of aromatic amines is 1. The van der Waals surface area contributed by atoms with Gasteiger partial charge in [-0.3, -0.25) is 4.79 Å². The first-order chi connectivity index (χ1) is 19.0. The number of carbonyl (C=O) groups excluding carboxylic acids is 1. The Bertz CT molecular complexity index is 1490. The Morgan fingerprint density at radius 3 is 2.59 bits per heavy atom. The number of aromatic nitrogens is 3. The highest BCUT2D eigenvalue weighted by Crippen LogP contribution is 2.34. The van der Waals surface area contributed by atoms with Gasteiger partial charge in [-0.15, -0.1) is 0 Å². The lowest BCUT2D eigenvalue weighted by molar-refractivity contribution is 0.0948. The van der Waals surface area contributed by atoms with E-state index in [0.717, 1.165) is 62.6 Å². The first kappa shape index (κ1) is 25.1. The summed E-state index contributed by atoms with van der Waals surface area (Å²) in [6.07, 6.45) is 3.15. The number of ether oxygens (including phenoxy) is 1. The topological polar surface area (TPSA) is 98.4 Å². The fourth-order valence-corrected chi connectivity index (χ4v) is 4.92. The normalized spacial score (nSPS) is 15.9. The Morgan fingerprint density at radius 1 is 1.10 bits per heavy atom. The number of rotatable bonds is 8. The zero-order valence-electron chi connectivity index (χ0n) is 22.1. The van der Waals surface area contributed by atoms with Crippen molar-refractivity contribution in [3.8, 4) is 11.6 Å². The van der Waals surface area contributed by atoms with Gasteiger partial charge in [0, 0.05) is 60.2 Å². The van der Waals surface area contributed by atoms with Crippen LogP contribution in [0.5, 0.6) is 11.6 Å². The lowest BCUT2D eigenvalue weighted by Crippen LogP contribution is -2.46. The standard InChI is InChI=1S/C29H32FN7O2/c1-3-36-12-14-37(15-13-36)21-8-6-19(7-9-21)34-27-25(28(38)35-20-4-5-20)29(32-17-31-27)39-24-11-10-23-22(26(24)30)16-18(2)33-23/h6-11,16-17,20,33H,3-5,12-15H2,1-2H3,(H,35,38)(H,31,32,34). The van der Waals surface area contributed by atoms with Crippen LogP contribution in [0.25, 0.3) is 10.9 Å². The number of amides is 1. The molecule has 4 aromatic rings. The summed E-state index contributed by atoms with van der Waals surface area (Å²) in [7, 11) is 0. The van der Waals surface area contributed by atoms with E-state index in [-0.39, 0.29) is 29.1 Å². The molecule has 0 radical (unpaired) electrons. The molecule has 2 aromatic carbocycles. The number of fused-ring (bicyclic) bond motifs is 1. The van der Waals surface area contributed by atoms with Crippen LogP contribution < -0.4 is 20.3 Å². The summed E-state index contributed by atoms with van der Waals surface area (Å²) in [5, 5.41) is 6.65. The van der Waals surface area contributed by atoms with E-state index in [0.29, 0.717) is 16.7 Å². The van der Waals surface area contributed by atoms with Gasteiger partial charge in [0.1, 0.15) is 11.9 Å². The van der Waals surface area contributed by atoms with Crippen molar-refractivity contribution in [3.63, 3.8) is 0 Å². The second-order valence-electron chi connectivity index (χ2n) is 10.1. The molecule has 1 saturated heterocycles. The largest absolute Gasteiger partial charge is 0.435 e. The van der Waals surface area contributed by atoms with Crippen LogP contribution in [0.2, 0.25) is 0 Å². The number of nitrogens with zero attached hydrogens (tertiary/aromatic N) is 4. The molecule has 10 heteroatoms. The summed E-state index contributed by atoms with van der Waals surface area (Å²) in [5.74, 6) is -0.615. The minimum Gasteiger partial charge on any atom is -0.435 e. The Morgan fingerprint density at radius 2 is 1.87 bits per heavy atom. The van der Waals surface area contributed by atoms with Gasteiger partial charge in [0.05, 0.1) is 0 Å². The molecule has 39 heavy (non-hydrogen) atoms. The van der Waals surface area contributed by atoms with Crippen LogP contribution >= 0.6 is 0 Å². The fraction of sp³-hybridized carbons (Fsp3) is 0.345. The molecule has 0 unspecified atom stereocenters. The Kier molecular flexibility index (Phi) is 6.78. The maximum absolute atomic E-state index is 15.3. The van der Waals surface area contributed by atoms with Crippen LogP contribution in [-0.2, 0) is 0 Å². The molecule has 3 heterocycles. The van der Waals surface area contributed by atoms with E-state index < -0.39 is 5.82 Å². The third-order valence-electron chi connectivity index (χ3n) is 7.31. The Balaban J connectivity index is 1.27. The smallest absolute Gasteiger partial charge is 0.260 e. The van der Waals surface area contributed by atoms with E-state index in [2.05, 4.69) is 54.4 Å². The van der Waals surface area contributed by atoms with Gasteiger partial charge in [-0.25, -0.2) is 14.4 Å². The van der Waals surface area contributed by atoms with Gasteiger partial charge < -0.3 is 30.2 Å². The van der Waals surface area contributed by atoms with Crippen LogP contribution in [-0.4, -0.2) is 64.5 Å². The van der Waals surface area contributed by atoms with Crippen LogP contribution in [0.15, 0.2) is 48.8 Å². The van der Waals surface area contributed by atoms with Crippen molar-refractivity contribution in [2.75, 3.05) is 42.9 Å². The Hall–Kier alpha value is -4.18. The summed E-state index contributed by atoms with van der Waals surface area (Å²) in [6, 6.07) is 13.2. The third kappa shape index (κ3) is 5.37. The number of aryl methyl sites for hydroxylation is 1. The first-order valence-corrected chi connectivity index (χ1v) is 13.4. The van der Waals surface area contributed by atoms with Gasteiger partial charge in [-0.05, 0) is 68.8 Å². The van der Waals surface area contributed by atoms with E-state index in [1.807, 2.05) is 19.1 Å². The molecule has 1 amide bonds. The minimum atomic E-state index is -0.520. The summed E-state index contributed by atoms with van der Waals surface area (Å²) in [5.41, 5.74) is 3.57. The van der Waals surface area contributed by atoms with Crippen molar-refractivity contribution in [1.82, 2.24) is 25.2 Å². The second-order valence-corrected chi connectivity index (χ2v) is 10.1. The molecule has 2 aromatic heterocycles. The zero-order chi connectivity index (χ0) is 26.9. The van der Waals surface area contributed by atoms with E-state index >= 15 is 4.39 Å². The highest BCUT2D eigenvalue weighted by Gasteiger charge is 2.29. The van der Waals surface area contributed by atoms with Crippen molar-refractivity contribution in [2.24, 2.45) is 0 Å². The highest BCUT2D eigenvalue weighted by molar-refractivity contribution is 6.02. The summed E-state index contributed by atoms with van der Waals surface area (Å²) in [4.78, 5) is 29.8. The predicted octanol–water partition coefficient (Wildman–Crippen LogP) is 4.98. The number of hydrogen-bond donors (Lipinski definition) is 3. The monoisotopic (exact) mass is 529 g/mol. The van der Waals surface area contributed by atoms with Gasteiger partial charge in [-0.2, -0.15) is 0 Å². The number of halogens is 1. The molecule has 1 aliphatic heterocycles. The maximum atomic E-state index is 15.3. The predicted molar refractivity (Wildman–Crippen MR) is 150 cm³/mol. The highest BCUT2D eigenvalue weighted by atomic mass is 19.1. The van der Waals surface area contributed by atoms with Crippen LogP contribution in [0.1, 0.15) is 35.8 Å². The molecule has 2 aliphatic rings. The van der Waals surface area contributed by atoms with Gasteiger partial charge in [0.2, 0.25) is 5.88 Å². The average Bonchev–Trinajstić information content (AvgIpc) is 3.68. The third-order valence-corrected chi connectivity index (χ3v) is 7.31. The van der Waals surface area contributed by atoms with E-state index in [1.165, 1.54) is 12.4 Å². The number of carbonyl (C=O) groups is 1. The van der Waals surface area contributed by atoms with Gasteiger partial charge in [-0.1, -0.05) is 6.92 Å². The lowest BCUT2D eigenvalue weighted by atomic mass is 10.2. The number of piperazine rings is 1.